The average Bonchev–Trinajstić information content (AvgIpc) is 3.11. The van der Waals surface area contributed by atoms with Crippen molar-refractivity contribution in [3.05, 3.63) is 77.7 Å². The van der Waals surface area contributed by atoms with Crippen molar-refractivity contribution >= 4 is 23.2 Å². The van der Waals surface area contributed by atoms with Gasteiger partial charge in [-0.05, 0) is 54.4 Å². The maximum Gasteiger partial charge on any atom is 0.251 e. The van der Waals surface area contributed by atoms with Crippen LogP contribution in [0, 0.1) is 5.82 Å². The van der Waals surface area contributed by atoms with E-state index in [0.29, 0.717) is 35.9 Å². The fourth-order valence-electron chi connectivity index (χ4n) is 4.20. The summed E-state index contributed by atoms with van der Waals surface area (Å²) in [4.78, 5) is 18.6. The van der Waals surface area contributed by atoms with Crippen molar-refractivity contribution in [2.75, 3.05) is 38.7 Å². The number of hydrogen-bond donors (Lipinski definition) is 2. The van der Waals surface area contributed by atoms with E-state index >= 15 is 4.39 Å². The molecule has 1 saturated heterocycles. The Morgan fingerprint density at radius 2 is 1.97 bits per heavy atom. The molecule has 8 nitrogen and oxygen atoms in total. The Morgan fingerprint density at radius 3 is 2.77 bits per heavy atom. The van der Waals surface area contributed by atoms with Crippen LogP contribution in [0.25, 0.3) is 16.8 Å². The summed E-state index contributed by atoms with van der Waals surface area (Å²) >= 11 is 0. The van der Waals surface area contributed by atoms with Gasteiger partial charge in [0.2, 0.25) is 5.95 Å². The van der Waals surface area contributed by atoms with Crippen molar-refractivity contribution in [2.24, 2.45) is 0 Å². The number of carbonyl (C=O) groups excluding carboxylic acids is 1. The summed E-state index contributed by atoms with van der Waals surface area (Å²) in [6.45, 7) is 3.73. The molecule has 9 heteroatoms. The van der Waals surface area contributed by atoms with Crippen LogP contribution in [0.3, 0.4) is 0 Å². The molecule has 2 aromatic heterocycles. The number of nitrogens with zero attached hydrogens (tertiary/aromatic N) is 4. The molecule has 0 unspecified atom stereocenters. The van der Waals surface area contributed by atoms with Gasteiger partial charge in [0.15, 0.2) is 5.65 Å². The van der Waals surface area contributed by atoms with Crippen LogP contribution in [-0.2, 0) is 11.3 Å². The highest BCUT2D eigenvalue weighted by Gasteiger charge is 2.15. The van der Waals surface area contributed by atoms with Crippen LogP contribution in [0.5, 0.6) is 0 Å². The molecule has 3 heterocycles. The Kier molecular flexibility index (Phi) is 6.69. The topological polar surface area (TPSA) is 83.8 Å². The van der Waals surface area contributed by atoms with Crippen LogP contribution in [-0.4, -0.2) is 58.8 Å². The molecule has 0 aliphatic carbocycles. The largest absolute Gasteiger partial charge is 0.380 e. The third-order valence-corrected chi connectivity index (χ3v) is 6.07. The fourth-order valence-corrected chi connectivity index (χ4v) is 4.20. The molecular formula is C26H27FN6O2. The Balaban J connectivity index is 1.37. The Labute approximate surface area is 202 Å². The number of fused-ring (bicyclic) bond motifs is 1. The first-order valence-corrected chi connectivity index (χ1v) is 11.6. The van der Waals surface area contributed by atoms with Crippen LogP contribution in [0.2, 0.25) is 0 Å². The first kappa shape index (κ1) is 22.9. The van der Waals surface area contributed by atoms with E-state index in [0.717, 1.165) is 42.9 Å². The minimum atomic E-state index is -0.233. The second-order valence-electron chi connectivity index (χ2n) is 8.46. The van der Waals surface area contributed by atoms with Crippen LogP contribution in [0.15, 0.2) is 60.8 Å². The second kappa shape index (κ2) is 10.2. The fraction of sp³-hybridized carbons (Fsp3) is 0.269. The molecule has 1 aliphatic rings. The lowest BCUT2D eigenvalue weighted by Gasteiger charge is -2.19. The Morgan fingerprint density at radius 1 is 1.11 bits per heavy atom. The predicted molar refractivity (Wildman–Crippen MR) is 132 cm³/mol. The highest BCUT2D eigenvalue weighted by Crippen LogP contribution is 2.27. The molecular weight excluding hydrogens is 447 g/mol. The molecule has 1 fully saturated rings. The molecule has 1 amide bonds. The number of hydrogen-bond acceptors (Lipinski definition) is 6. The van der Waals surface area contributed by atoms with E-state index in [9.17, 15) is 4.79 Å². The van der Waals surface area contributed by atoms with Gasteiger partial charge in [-0.3, -0.25) is 9.69 Å². The van der Waals surface area contributed by atoms with E-state index in [2.05, 4.69) is 25.6 Å². The van der Waals surface area contributed by atoms with E-state index < -0.39 is 0 Å². The van der Waals surface area contributed by atoms with E-state index in [1.54, 1.807) is 48.1 Å². The SMILES string of the molecule is CNC(=O)c1ccc(Nc2nc3c(-c4ccc(CN5CCCOCC5)c(F)c4)cccn3n2)cc1. The van der Waals surface area contributed by atoms with Crippen LogP contribution >= 0.6 is 0 Å². The van der Waals surface area contributed by atoms with Crippen LogP contribution in [0.1, 0.15) is 22.3 Å². The number of rotatable bonds is 6. The predicted octanol–water partition coefficient (Wildman–Crippen LogP) is 3.86. The zero-order valence-corrected chi connectivity index (χ0v) is 19.5. The number of benzene rings is 2. The molecule has 0 saturated carbocycles. The lowest BCUT2D eigenvalue weighted by Crippen LogP contribution is -2.26. The van der Waals surface area contributed by atoms with Gasteiger partial charge < -0.3 is 15.4 Å². The molecule has 180 valence electrons. The number of anilines is 2. The van der Waals surface area contributed by atoms with Crippen molar-refractivity contribution in [1.29, 1.82) is 0 Å². The summed E-state index contributed by atoms with van der Waals surface area (Å²) in [6, 6.07) is 16.2. The zero-order chi connectivity index (χ0) is 24.2. The summed E-state index contributed by atoms with van der Waals surface area (Å²) in [5, 5.41) is 10.3. The molecule has 5 rings (SSSR count). The van der Waals surface area contributed by atoms with Crippen LogP contribution < -0.4 is 10.6 Å². The lowest BCUT2D eigenvalue weighted by molar-refractivity contribution is 0.0963. The third-order valence-electron chi connectivity index (χ3n) is 6.07. The molecule has 0 spiro atoms. The molecule has 2 aromatic carbocycles. The summed E-state index contributed by atoms with van der Waals surface area (Å²) in [5.74, 6) is 0.0279. The van der Waals surface area contributed by atoms with Gasteiger partial charge in [-0.2, -0.15) is 4.98 Å². The smallest absolute Gasteiger partial charge is 0.251 e. The van der Waals surface area contributed by atoms with Crippen LogP contribution in [0.4, 0.5) is 16.0 Å². The average molecular weight is 475 g/mol. The normalized spacial score (nSPS) is 14.6. The summed E-state index contributed by atoms with van der Waals surface area (Å²) in [6.07, 6.45) is 2.76. The molecule has 0 bridgehead atoms. The van der Waals surface area contributed by atoms with E-state index in [-0.39, 0.29) is 11.7 Å². The highest BCUT2D eigenvalue weighted by molar-refractivity contribution is 5.94. The number of aromatic nitrogens is 3. The van der Waals surface area contributed by atoms with Gasteiger partial charge in [-0.25, -0.2) is 8.91 Å². The molecule has 4 aromatic rings. The molecule has 0 radical (unpaired) electrons. The van der Waals surface area contributed by atoms with Crippen molar-refractivity contribution in [3.63, 3.8) is 0 Å². The summed E-state index contributed by atoms with van der Waals surface area (Å²) in [5.41, 5.74) is 4.14. The Bertz CT molecular complexity index is 1330. The number of nitrogens with one attached hydrogen (secondary N) is 2. The summed E-state index contributed by atoms with van der Waals surface area (Å²) in [7, 11) is 1.59. The first-order valence-electron chi connectivity index (χ1n) is 11.6. The number of amides is 1. The Hall–Kier alpha value is -3.82. The zero-order valence-electron chi connectivity index (χ0n) is 19.5. The number of halogens is 1. The first-order chi connectivity index (χ1) is 17.1. The van der Waals surface area contributed by atoms with Gasteiger partial charge in [0.05, 0.1) is 6.61 Å². The van der Waals surface area contributed by atoms with Gasteiger partial charge in [-0.1, -0.05) is 12.1 Å². The minimum Gasteiger partial charge on any atom is -0.380 e. The lowest BCUT2D eigenvalue weighted by atomic mass is 10.0. The van der Waals surface area contributed by atoms with Crippen molar-refractivity contribution in [2.45, 2.75) is 13.0 Å². The van der Waals surface area contributed by atoms with Gasteiger partial charge in [0, 0.05) is 61.9 Å². The number of pyridine rings is 1. The maximum atomic E-state index is 15.1. The van der Waals surface area contributed by atoms with Gasteiger partial charge in [-0.15, -0.1) is 5.10 Å². The minimum absolute atomic E-state index is 0.147. The van der Waals surface area contributed by atoms with Gasteiger partial charge in [0.1, 0.15) is 5.82 Å². The van der Waals surface area contributed by atoms with Crippen molar-refractivity contribution in [3.8, 4) is 11.1 Å². The number of ether oxygens (including phenoxy) is 1. The van der Waals surface area contributed by atoms with Gasteiger partial charge in [0.25, 0.3) is 5.91 Å². The molecule has 2 N–H and O–H groups in total. The van der Waals surface area contributed by atoms with E-state index in [4.69, 9.17) is 4.74 Å². The quantitative estimate of drug-likeness (QED) is 0.442. The third kappa shape index (κ3) is 5.16. The summed E-state index contributed by atoms with van der Waals surface area (Å²) < 4.78 is 22.2. The van der Waals surface area contributed by atoms with Gasteiger partial charge >= 0.3 is 0 Å². The van der Waals surface area contributed by atoms with E-state index in [1.807, 2.05) is 24.3 Å². The molecule has 35 heavy (non-hydrogen) atoms. The van der Waals surface area contributed by atoms with E-state index in [1.165, 1.54) is 0 Å². The maximum absolute atomic E-state index is 15.1. The number of carbonyl (C=O) groups is 1. The van der Waals surface area contributed by atoms with Crippen molar-refractivity contribution < 1.29 is 13.9 Å². The standard InChI is InChI=1S/C26H27FN6O2/c1-28-25(34)18-7-9-21(10-8-18)29-26-30-24-22(4-2-12-33(24)31-26)19-5-6-20(23(27)16-19)17-32-11-3-14-35-15-13-32/h2,4-10,12,16H,3,11,13-15,17H2,1H3,(H,28,34)(H,29,31). The molecule has 1 aliphatic heterocycles. The molecule has 0 atom stereocenters. The van der Waals surface area contributed by atoms with Crippen molar-refractivity contribution in [1.82, 2.24) is 24.8 Å². The second-order valence-corrected chi connectivity index (χ2v) is 8.46. The highest BCUT2D eigenvalue weighted by atomic mass is 19.1. The monoisotopic (exact) mass is 474 g/mol.